The molecule has 0 radical (unpaired) electrons. The molecule has 0 aliphatic heterocycles. The lowest BCUT2D eigenvalue weighted by atomic mass is 10.5. The minimum atomic E-state index is -0.298. The number of nitrogens with zero attached hydrogens (tertiary/aromatic N) is 1. The molecule has 0 heterocycles. The van der Waals surface area contributed by atoms with Crippen LogP contribution in [0.3, 0.4) is 0 Å². The predicted octanol–water partition coefficient (Wildman–Crippen LogP) is 0.107. The van der Waals surface area contributed by atoms with E-state index in [-0.39, 0.29) is 12.6 Å². The fraction of sp³-hybridized carbons (Fsp3) is 0.909. The molecule has 5 heteroatoms. The van der Waals surface area contributed by atoms with Crippen LogP contribution in [0.5, 0.6) is 0 Å². The van der Waals surface area contributed by atoms with Crippen molar-refractivity contribution in [2.45, 2.75) is 13.8 Å². The summed E-state index contributed by atoms with van der Waals surface area (Å²) >= 11 is 0. The van der Waals surface area contributed by atoms with Crippen LogP contribution in [-0.2, 0) is 14.3 Å². The Labute approximate surface area is 98.1 Å². The molecule has 0 saturated carbocycles. The maximum absolute atomic E-state index is 10.9. The SMILES string of the molecule is CCOC(=O)COCCNCCN(C)CC. The summed E-state index contributed by atoms with van der Waals surface area (Å²) in [6.07, 6.45) is 0. The van der Waals surface area contributed by atoms with E-state index >= 15 is 0 Å². The van der Waals surface area contributed by atoms with Crippen molar-refractivity contribution in [1.29, 1.82) is 0 Å². The lowest BCUT2D eigenvalue weighted by Crippen LogP contribution is -2.31. The third-order valence-corrected chi connectivity index (χ3v) is 2.16. The number of likely N-dealkylation sites (N-methyl/N-ethyl adjacent to an activating group) is 1. The predicted molar refractivity (Wildman–Crippen MR) is 63.5 cm³/mol. The zero-order valence-corrected chi connectivity index (χ0v) is 10.6. The minimum Gasteiger partial charge on any atom is -0.464 e. The van der Waals surface area contributed by atoms with E-state index in [1.165, 1.54) is 0 Å². The van der Waals surface area contributed by atoms with Crippen LogP contribution in [0.2, 0.25) is 0 Å². The first-order valence-electron chi connectivity index (χ1n) is 5.83. The van der Waals surface area contributed by atoms with Gasteiger partial charge in [0.15, 0.2) is 0 Å². The molecule has 0 aliphatic rings. The molecular formula is C11H24N2O3. The van der Waals surface area contributed by atoms with E-state index in [1.807, 2.05) is 0 Å². The van der Waals surface area contributed by atoms with Crippen molar-refractivity contribution in [2.75, 3.05) is 53.0 Å². The fourth-order valence-electron chi connectivity index (χ4n) is 1.06. The van der Waals surface area contributed by atoms with Crippen LogP contribution in [0.15, 0.2) is 0 Å². The van der Waals surface area contributed by atoms with Gasteiger partial charge < -0.3 is 19.7 Å². The number of carbonyl (C=O) groups excluding carboxylic acids is 1. The molecule has 0 aromatic rings. The molecule has 0 saturated heterocycles. The van der Waals surface area contributed by atoms with Gasteiger partial charge in [-0.25, -0.2) is 4.79 Å². The molecule has 0 rings (SSSR count). The smallest absolute Gasteiger partial charge is 0.332 e. The summed E-state index contributed by atoms with van der Waals surface area (Å²) in [6, 6.07) is 0. The number of carbonyl (C=O) groups is 1. The normalized spacial score (nSPS) is 10.8. The number of hydrogen-bond acceptors (Lipinski definition) is 5. The summed E-state index contributed by atoms with van der Waals surface area (Å²) in [7, 11) is 2.08. The number of hydrogen-bond donors (Lipinski definition) is 1. The van der Waals surface area contributed by atoms with Crippen LogP contribution < -0.4 is 5.32 Å². The Morgan fingerprint density at radius 3 is 2.69 bits per heavy atom. The van der Waals surface area contributed by atoms with Crippen molar-refractivity contribution in [1.82, 2.24) is 10.2 Å². The van der Waals surface area contributed by atoms with Crippen molar-refractivity contribution in [3.05, 3.63) is 0 Å². The van der Waals surface area contributed by atoms with E-state index in [0.717, 1.165) is 26.2 Å². The van der Waals surface area contributed by atoms with E-state index in [0.29, 0.717) is 13.2 Å². The van der Waals surface area contributed by atoms with Gasteiger partial charge in [0.2, 0.25) is 0 Å². The monoisotopic (exact) mass is 232 g/mol. The number of esters is 1. The second-order valence-electron chi connectivity index (χ2n) is 3.50. The standard InChI is InChI=1S/C11H24N2O3/c1-4-13(3)8-6-12-7-9-15-10-11(14)16-5-2/h12H,4-10H2,1-3H3. The lowest BCUT2D eigenvalue weighted by molar-refractivity contribution is -0.148. The Hall–Kier alpha value is -0.650. The van der Waals surface area contributed by atoms with E-state index in [1.54, 1.807) is 6.92 Å². The quantitative estimate of drug-likeness (QED) is 0.428. The van der Waals surface area contributed by atoms with Crippen LogP contribution >= 0.6 is 0 Å². The minimum absolute atomic E-state index is 0.0460. The Balaban J connectivity index is 3.12. The highest BCUT2D eigenvalue weighted by molar-refractivity contribution is 5.70. The van der Waals surface area contributed by atoms with Gasteiger partial charge in [-0.3, -0.25) is 0 Å². The van der Waals surface area contributed by atoms with Crippen molar-refractivity contribution in [3.8, 4) is 0 Å². The van der Waals surface area contributed by atoms with Crippen molar-refractivity contribution in [3.63, 3.8) is 0 Å². The van der Waals surface area contributed by atoms with Gasteiger partial charge in [0, 0.05) is 19.6 Å². The summed E-state index contributed by atoms with van der Waals surface area (Å²) < 4.78 is 9.86. The first kappa shape index (κ1) is 15.3. The van der Waals surface area contributed by atoms with Gasteiger partial charge in [0.25, 0.3) is 0 Å². The Bertz CT molecular complexity index is 177. The Morgan fingerprint density at radius 1 is 1.31 bits per heavy atom. The molecule has 5 nitrogen and oxygen atoms in total. The molecule has 0 bridgehead atoms. The molecule has 96 valence electrons. The summed E-state index contributed by atoms with van der Waals surface area (Å²) in [5.74, 6) is -0.298. The molecule has 0 amide bonds. The van der Waals surface area contributed by atoms with Crippen LogP contribution in [-0.4, -0.2) is 63.9 Å². The molecule has 0 unspecified atom stereocenters. The Morgan fingerprint density at radius 2 is 2.06 bits per heavy atom. The van der Waals surface area contributed by atoms with Crippen molar-refractivity contribution < 1.29 is 14.3 Å². The fourth-order valence-corrected chi connectivity index (χ4v) is 1.06. The molecule has 0 aromatic carbocycles. The first-order chi connectivity index (χ1) is 7.70. The molecule has 0 atom stereocenters. The molecular weight excluding hydrogens is 208 g/mol. The molecule has 0 aliphatic carbocycles. The van der Waals surface area contributed by atoms with E-state index in [2.05, 4.69) is 24.2 Å². The maximum Gasteiger partial charge on any atom is 0.332 e. The second-order valence-corrected chi connectivity index (χ2v) is 3.50. The van der Waals surface area contributed by atoms with E-state index in [9.17, 15) is 4.79 Å². The van der Waals surface area contributed by atoms with Crippen LogP contribution in [0, 0.1) is 0 Å². The number of nitrogens with one attached hydrogen (secondary N) is 1. The largest absolute Gasteiger partial charge is 0.464 e. The summed E-state index contributed by atoms with van der Waals surface area (Å²) in [5, 5.41) is 3.24. The van der Waals surface area contributed by atoms with Crippen molar-refractivity contribution >= 4 is 5.97 Å². The highest BCUT2D eigenvalue weighted by Crippen LogP contribution is 1.81. The van der Waals surface area contributed by atoms with Crippen LogP contribution in [0.25, 0.3) is 0 Å². The lowest BCUT2D eigenvalue weighted by Gasteiger charge is -2.13. The van der Waals surface area contributed by atoms with Crippen LogP contribution in [0.1, 0.15) is 13.8 Å². The summed E-state index contributed by atoms with van der Waals surface area (Å²) in [5.41, 5.74) is 0. The Kier molecular flexibility index (Phi) is 10.4. The first-order valence-corrected chi connectivity index (χ1v) is 5.83. The zero-order chi connectivity index (χ0) is 12.2. The average molecular weight is 232 g/mol. The molecule has 0 fully saturated rings. The van der Waals surface area contributed by atoms with Crippen LogP contribution in [0.4, 0.5) is 0 Å². The summed E-state index contributed by atoms with van der Waals surface area (Å²) in [4.78, 5) is 13.1. The number of rotatable bonds is 10. The zero-order valence-electron chi connectivity index (χ0n) is 10.6. The van der Waals surface area contributed by atoms with Gasteiger partial charge >= 0.3 is 5.97 Å². The summed E-state index contributed by atoms with van der Waals surface area (Å²) in [6.45, 7) is 8.68. The maximum atomic E-state index is 10.9. The van der Waals surface area contributed by atoms with E-state index in [4.69, 9.17) is 9.47 Å². The number of ether oxygens (including phenoxy) is 2. The van der Waals surface area contributed by atoms with Crippen molar-refractivity contribution in [2.24, 2.45) is 0 Å². The molecule has 0 aromatic heterocycles. The third kappa shape index (κ3) is 9.89. The van der Waals surface area contributed by atoms with Gasteiger partial charge in [-0.05, 0) is 20.5 Å². The average Bonchev–Trinajstić information content (AvgIpc) is 2.27. The van der Waals surface area contributed by atoms with Gasteiger partial charge in [0.1, 0.15) is 6.61 Å². The third-order valence-electron chi connectivity index (χ3n) is 2.16. The van der Waals surface area contributed by atoms with Gasteiger partial charge in [0.05, 0.1) is 13.2 Å². The topological polar surface area (TPSA) is 50.8 Å². The molecule has 16 heavy (non-hydrogen) atoms. The highest BCUT2D eigenvalue weighted by Gasteiger charge is 2.00. The van der Waals surface area contributed by atoms with Gasteiger partial charge in [-0.15, -0.1) is 0 Å². The molecule has 0 spiro atoms. The van der Waals surface area contributed by atoms with Gasteiger partial charge in [-0.1, -0.05) is 6.92 Å². The van der Waals surface area contributed by atoms with Gasteiger partial charge in [-0.2, -0.15) is 0 Å². The highest BCUT2D eigenvalue weighted by atomic mass is 16.6. The molecule has 1 N–H and O–H groups in total. The second kappa shape index (κ2) is 10.9. The van der Waals surface area contributed by atoms with E-state index < -0.39 is 0 Å².